The largest absolute Gasteiger partial charge is 0.384 e. The molecule has 0 bridgehead atoms. The van der Waals surface area contributed by atoms with E-state index in [4.69, 9.17) is 22.3 Å². The summed E-state index contributed by atoms with van der Waals surface area (Å²) in [7, 11) is 0. The number of amides is 3. The predicted molar refractivity (Wildman–Crippen MR) is 108 cm³/mol. The topological polar surface area (TPSA) is 170 Å². The number of anilines is 1. The van der Waals surface area contributed by atoms with Crippen LogP contribution in [0.4, 0.5) is 10.5 Å². The SMILES string of the molecule is CC(NC(=O)Nc1ccc(C(=N)N)cc1)C(=O)NCc1ccc(C(=N)N)cc1. The number of hydrogen-bond donors (Lipinski definition) is 7. The van der Waals surface area contributed by atoms with Gasteiger partial charge in [0.25, 0.3) is 0 Å². The zero-order valence-electron chi connectivity index (χ0n) is 15.4. The Bertz CT molecular complexity index is 876. The molecule has 3 amide bonds. The number of carbonyl (C=O) groups excluding carboxylic acids is 2. The molecule has 2 aromatic rings. The third-order valence-electron chi connectivity index (χ3n) is 3.93. The Labute approximate surface area is 162 Å². The van der Waals surface area contributed by atoms with E-state index in [1.54, 1.807) is 55.5 Å². The highest BCUT2D eigenvalue weighted by Crippen LogP contribution is 2.09. The van der Waals surface area contributed by atoms with Crippen molar-refractivity contribution in [1.29, 1.82) is 10.8 Å². The summed E-state index contributed by atoms with van der Waals surface area (Å²) in [6, 6.07) is 12.2. The molecule has 1 atom stereocenters. The van der Waals surface area contributed by atoms with E-state index in [1.165, 1.54) is 0 Å². The molecule has 0 radical (unpaired) electrons. The van der Waals surface area contributed by atoms with Gasteiger partial charge in [-0.05, 0) is 36.8 Å². The van der Waals surface area contributed by atoms with Gasteiger partial charge in [-0.3, -0.25) is 15.6 Å². The van der Waals surface area contributed by atoms with E-state index in [1.807, 2.05) is 0 Å². The molecule has 28 heavy (non-hydrogen) atoms. The van der Waals surface area contributed by atoms with Crippen LogP contribution in [0.2, 0.25) is 0 Å². The zero-order chi connectivity index (χ0) is 20.7. The molecule has 0 aliphatic carbocycles. The molecular weight excluding hydrogens is 358 g/mol. The minimum Gasteiger partial charge on any atom is -0.384 e. The van der Waals surface area contributed by atoms with Crippen LogP contribution in [0, 0.1) is 10.8 Å². The lowest BCUT2D eigenvalue weighted by molar-refractivity contribution is -0.122. The molecule has 9 N–H and O–H groups in total. The first kappa shape index (κ1) is 20.4. The summed E-state index contributed by atoms with van der Waals surface area (Å²) < 4.78 is 0. The van der Waals surface area contributed by atoms with Crippen molar-refractivity contribution in [2.75, 3.05) is 5.32 Å². The predicted octanol–water partition coefficient (Wildman–Crippen LogP) is 1.08. The molecule has 0 fully saturated rings. The van der Waals surface area contributed by atoms with Crippen molar-refractivity contribution in [3.05, 3.63) is 65.2 Å². The van der Waals surface area contributed by atoms with E-state index in [9.17, 15) is 9.59 Å². The maximum atomic E-state index is 12.2. The minimum absolute atomic E-state index is 0.0182. The molecule has 2 rings (SSSR count). The maximum absolute atomic E-state index is 12.2. The molecule has 0 saturated heterocycles. The molecule has 1 unspecified atom stereocenters. The summed E-state index contributed by atoms with van der Waals surface area (Å²) in [4.78, 5) is 24.2. The fraction of sp³-hybridized carbons (Fsp3) is 0.158. The van der Waals surface area contributed by atoms with Gasteiger partial charge in [-0.2, -0.15) is 0 Å². The van der Waals surface area contributed by atoms with Crippen molar-refractivity contribution in [1.82, 2.24) is 10.6 Å². The van der Waals surface area contributed by atoms with Crippen molar-refractivity contribution < 1.29 is 9.59 Å². The highest BCUT2D eigenvalue weighted by atomic mass is 16.2. The zero-order valence-corrected chi connectivity index (χ0v) is 15.4. The highest BCUT2D eigenvalue weighted by molar-refractivity contribution is 5.97. The van der Waals surface area contributed by atoms with Crippen LogP contribution >= 0.6 is 0 Å². The third kappa shape index (κ3) is 5.84. The smallest absolute Gasteiger partial charge is 0.319 e. The first-order chi connectivity index (χ1) is 13.3. The summed E-state index contributed by atoms with van der Waals surface area (Å²) in [5, 5.41) is 22.6. The Morgan fingerprint density at radius 3 is 1.93 bits per heavy atom. The summed E-state index contributed by atoms with van der Waals surface area (Å²) in [5.74, 6) is -0.412. The lowest BCUT2D eigenvalue weighted by Gasteiger charge is -2.15. The standard InChI is InChI=1S/C19H23N7O2/c1-11(18(27)24-10-12-2-4-13(5-3-12)16(20)21)25-19(28)26-15-8-6-14(7-9-15)17(22)23/h2-9,11H,10H2,1H3,(H3,20,21)(H3,22,23)(H,24,27)(H2,25,26,28). The Balaban J connectivity index is 1.81. The fourth-order valence-corrected chi connectivity index (χ4v) is 2.31. The fourth-order valence-electron chi connectivity index (χ4n) is 2.31. The third-order valence-corrected chi connectivity index (χ3v) is 3.93. The second-order valence-electron chi connectivity index (χ2n) is 6.14. The molecule has 0 aromatic heterocycles. The average molecular weight is 381 g/mol. The summed E-state index contributed by atoms with van der Waals surface area (Å²) in [6.07, 6.45) is 0. The number of benzene rings is 2. The van der Waals surface area contributed by atoms with Gasteiger partial charge in [0.2, 0.25) is 5.91 Å². The molecule has 9 heteroatoms. The molecule has 146 valence electrons. The Kier molecular flexibility index (Phi) is 6.69. The Morgan fingerprint density at radius 2 is 1.43 bits per heavy atom. The Morgan fingerprint density at radius 1 is 0.929 bits per heavy atom. The second-order valence-corrected chi connectivity index (χ2v) is 6.14. The normalized spacial score (nSPS) is 11.2. The van der Waals surface area contributed by atoms with Crippen molar-refractivity contribution in [2.45, 2.75) is 19.5 Å². The number of amidine groups is 2. The minimum atomic E-state index is -0.743. The van der Waals surface area contributed by atoms with Gasteiger partial charge in [-0.25, -0.2) is 4.79 Å². The van der Waals surface area contributed by atoms with Gasteiger partial charge in [0, 0.05) is 23.4 Å². The van der Waals surface area contributed by atoms with E-state index < -0.39 is 12.1 Å². The van der Waals surface area contributed by atoms with Crippen LogP contribution in [0.1, 0.15) is 23.6 Å². The molecule has 0 aliphatic heterocycles. The molecule has 2 aromatic carbocycles. The average Bonchev–Trinajstić information content (AvgIpc) is 2.66. The Hall–Kier alpha value is -3.88. The number of hydrogen-bond acceptors (Lipinski definition) is 4. The van der Waals surface area contributed by atoms with Crippen LogP contribution in [-0.2, 0) is 11.3 Å². The molecule has 9 nitrogen and oxygen atoms in total. The number of rotatable bonds is 7. The maximum Gasteiger partial charge on any atom is 0.319 e. The highest BCUT2D eigenvalue weighted by Gasteiger charge is 2.15. The lowest BCUT2D eigenvalue weighted by atomic mass is 10.1. The molecule has 0 aliphatic rings. The van der Waals surface area contributed by atoms with Crippen molar-refractivity contribution in [2.24, 2.45) is 11.5 Å². The van der Waals surface area contributed by atoms with Gasteiger partial charge in [0.1, 0.15) is 17.7 Å². The van der Waals surface area contributed by atoms with Gasteiger partial charge in [0.15, 0.2) is 0 Å². The number of carbonyl (C=O) groups is 2. The van der Waals surface area contributed by atoms with Gasteiger partial charge < -0.3 is 27.4 Å². The summed E-state index contributed by atoms with van der Waals surface area (Å²) >= 11 is 0. The second kappa shape index (κ2) is 9.17. The first-order valence-electron chi connectivity index (χ1n) is 8.49. The molecular formula is C19H23N7O2. The van der Waals surface area contributed by atoms with E-state index in [0.29, 0.717) is 16.8 Å². The van der Waals surface area contributed by atoms with Gasteiger partial charge in [0.05, 0.1) is 0 Å². The quantitative estimate of drug-likeness (QED) is 0.281. The molecule has 0 saturated carbocycles. The van der Waals surface area contributed by atoms with Crippen LogP contribution < -0.4 is 27.4 Å². The van der Waals surface area contributed by atoms with Crippen LogP contribution in [-0.4, -0.2) is 29.7 Å². The summed E-state index contributed by atoms with van der Waals surface area (Å²) in [5.41, 5.74) is 13.3. The number of nitrogens with two attached hydrogens (primary N) is 2. The lowest BCUT2D eigenvalue weighted by Crippen LogP contribution is -2.46. The van der Waals surface area contributed by atoms with E-state index >= 15 is 0 Å². The first-order valence-corrected chi connectivity index (χ1v) is 8.49. The van der Waals surface area contributed by atoms with Crippen LogP contribution in [0.15, 0.2) is 48.5 Å². The van der Waals surface area contributed by atoms with Gasteiger partial charge >= 0.3 is 6.03 Å². The number of urea groups is 1. The number of nitrogen functional groups attached to an aromatic ring is 2. The molecule has 0 spiro atoms. The monoisotopic (exact) mass is 381 g/mol. The van der Waals surface area contributed by atoms with Crippen molar-refractivity contribution in [3.8, 4) is 0 Å². The van der Waals surface area contributed by atoms with Gasteiger partial charge in [-0.1, -0.05) is 24.3 Å². The van der Waals surface area contributed by atoms with E-state index in [0.717, 1.165) is 5.56 Å². The number of nitrogens with one attached hydrogen (secondary N) is 5. The van der Waals surface area contributed by atoms with Crippen LogP contribution in [0.25, 0.3) is 0 Å². The van der Waals surface area contributed by atoms with Crippen LogP contribution in [0.5, 0.6) is 0 Å². The summed E-state index contributed by atoms with van der Waals surface area (Å²) in [6.45, 7) is 1.86. The van der Waals surface area contributed by atoms with Crippen molar-refractivity contribution >= 4 is 29.3 Å². The van der Waals surface area contributed by atoms with E-state index in [2.05, 4.69) is 16.0 Å². The van der Waals surface area contributed by atoms with Crippen molar-refractivity contribution in [3.63, 3.8) is 0 Å². The van der Waals surface area contributed by atoms with Crippen LogP contribution in [0.3, 0.4) is 0 Å². The molecule has 0 heterocycles. The van der Waals surface area contributed by atoms with Gasteiger partial charge in [-0.15, -0.1) is 0 Å². The van der Waals surface area contributed by atoms with E-state index in [-0.39, 0.29) is 24.1 Å².